The minimum Gasteiger partial charge on any atom is -0.322 e. The fourth-order valence-electron chi connectivity index (χ4n) is 2.90. The van der Waals surface area contributed by atoms with Crippen LogP contribution in [0.1, 0.15) is 15.2 Å². The molecular formula is C22H15F2N3OS. The molecule has 2 heterocycles. The molecule has 29 heavy (non-hydrogen) atoms. The van der Waals surface area contributed by atoms with Crippen molar-refractivity contribution in [3.05, 3.63) is 89.1 Å². The van der Waals surface area contributed by atoms with Crippen LogP contribution in [0.15, 0.2) is 67.0 Å². The van der Waals surface area contributed by atoms with Gasteiger partial charge in [0.1, 0.15) is 22.2 Å². The summed E-state index contributed by atoms with van der Waals surface area (Å²) in [5.74, 6) is -2.64. The van der Waals surface area contributed by atoms with E-state index in [1.807, 2.05) is 31.2 Å². The Bertz CT molecular complexity index is 1150. The number of carbonyl (C=O) groups excluding carboxylic acids is 1. The second kappa shape index (κ2) is 7.89. The molecule has 7 heteroatoms. The zero-order valence-corrected chi connectivity index (χ0v) is 16.1. The van der Waals surface area contributed by atoms with Crippen molar-refractivity contribution in [2.24, 2.45) is 0 Å². The molecule has 0 saturated carbocycles. The first-order valence-corrected chi connectivity index (χ1v) is 9.58. The van der Waals surface area contributed by atoms with E-state index in [0.717, 1.165) is 38.8 Å². The smallest absolute Gasteiger partial charge is 0.261 e. The highest BCUT2D eigenvalue weighted by molar-refractivity contribution is 7.15. The molecule has 144 valence electrons. The van der Waals surface area contributed by atoms with Crippen LogP contribution in [-0.4, -0.2) is 15.9 Å². The molecule has 0 unspecified atom stereocenters. The first kappa shape index (κ1) is 18.9. The number of hydrogen-bond donors (Lipinski definition) is 1. The first-order chi connectivity index (χ1) is 14.0. The van der Waals surface area contributed by atoms with Gasteiger partial charge >= 0.3 is 0 Å². The second-order valence-electron chi connectivity index (χ2n) is 6.29. The van der Waals surface area contributed by atoms with E-state index in [9.17, 15) is 13.6 Å². The minimum absolute atomic E-state index is 0.432. The van der Waals surface area contributed by atoms with Crippen LogP contribution in [0.25, 0.3) is 21.8 Å². The molecule has 0 saturated heterocycles. The third-order valence-corrected chi connectivity index (χ3v) is 5.33. The van der Waals surface area contributed by atoms with E-state index in [-0.39, 0.29) is 0 Å². The highest BCUT2D eigenvalue weighted by Gasteiger charge is 2.17. The lowest BCUT2D eigenvalue weighted by Crippen LogP contribution is -2.15. The maximum Gasteiger partial charge on any atom is 0.261 e. The molecule has 0 bridgehead atoms. The number of rotatable bonds is 4. The van der Waals surface area contributed by atoms with Gasteiger partial charge in [0.05, 0.1) is 5.69 Å². The van der Waals surface area contributed by atoms with E-state index in [0.29, 0.717) is 5.69 Å². The van der Waals surface area contributed by atoms with E-state index < -0.39 is 23.1 Å². The van der Waals surface area contributed by atoms with Crippen LogP contribution in [-0.2, 0) is 0 Å². The lowest BCUT2D eigenvalue weighted by Gasteiger charge is -2.08. The summed E-state index contributed by atoms with van der Waals surface area (Å²) in [6, 6.07) is 14.1. The number of thiazole rings is 1. The van der Waals surface area contributed by atoms with E-state index >= 15 is 0 Å². The van der Waals surface area contributed by atoms with E-state index in [2.05, 4.69) is 10.3 Å². The molecule has 4 nitrogen and oxygen atoms in total. The van der Waals surface area contributed by atoms with Crippen LogP contribution >= 0.6 is 11.3 Å². The fourth-order valence-corrected chi connectivity index (χ4v) is 3.82. The number of amides is 1. The Hall–Kier alpha value is -3.45. The van der Waals surface area contributed by atoms with Crippen LogP contribution in [0.2, 0.25) is 0 Å². The minimum atomic E-state index is -0.903. The molecule has 2 aromatic carbocycles. The average molecular weight is 407 g/mol. The Kier molecular flexibility index (Phi) is 5.14. The number of anilines is 1. The van der Waals surface area contributed by atoms with Crippen molar-refractivity contribution >= 4 is 22.9 Å². The van der Waals surface area contributed by atoms with Crippen molar-refractivity contribution in [3.63, 3.8) is 0 Å². The van der Waals surface area contributed by atoms with Gasteiger partial charge in [-0.1, -0.05) is 18.2 Å². The molecule has 0 aliphatic rings. The van der Waals surface area contributed by atoms with Gasteiger partial charge < -0.3 is 5.32 Å². The summed E-state index contributed by atoms with van der Waals surface area (Å²) < 4.78 is 27.5. The van der Waals surface area contributed by atoms with Crippen molar-refractivity contribution in [1.29, 1.82) is 0 Å². The maximum absolute atomic E-state index is 13.8. The topological polar surface area (TPSA) is 54.9 Å². The monoisotopic (exact) mass is 407 g/mol. The second-order valence-corrected chi connectivity index (χ2v) is 7.50. The van der Waals surface area contributed by atoms with Gasteiger partial charge in [0.15, 0.2) is 0 Å². The Morgan fingerprint density at radius 3 is 2.34 bits per heavy atom. The molecule has 0 aliphatic carbocycles. The Labute approximate surface area is 169 Å². The van der Waals surface area contributed by atoms with E-state index in [1.165, 1.54) is 6.07 Å². The summed E-state index contributed by atoms with van der Waals surface area (Å²) in [4.78, 5) is 22.1. The predicted octanol–water partition coefficient (Wildman–Crippen LogP) is 5.71. The zero-order chi connectivity index (χ0) is 20.4. The molecule has 0 atom stereocenters. The summed E-state index contributed by atoms with van der Waals surface area (Å²) in [5, 5.41) is 3.39. The lowest BCUT2D eigenvalue weighted by molar-refractivity contribution is 0.101. The van der Waals surface area contributed by atoms with Gasteiger partial charge in [-0.3, -0.25) is 9.78 Å². The summed E-state index contributed by atoms with van der Waals surface area (Å²) in [6.07, 6.45) is 3.48. The summed E-state index contributed by atoms with van der Waals surface area (Å²) >= 11 is 1.57. The standard InChI is InChI=1S/C22H15F2N3OS/c1-13-20(27-22(29-13)15-4-3-11-25-12-15)14-7-9-16(10-8-14)26-21(28)19-17(23)5-2-6-18(19)24/h2-12H,1H3,(H,26,28). The molecule has 4 aromatic rings. The summed E-state index contributed by atoms with van der Waals surface area (Å²) in [7, 11) is 0. The van der Waals surface area contributed by atoms with Gasteiger partial charge in [-0.25, -0.2) is 13.8 Å². The third-order valence-electron chi connectivity index (χ3n) is 4.31. The highest BCUT2D eigenvalue weighted by atomic mass is 32.1. The predicted molar refractivity (Wildman–Crippen MR) is 110 cm³/mol. The van der Waals surface area contributed by atoms with Crippen LogP contribution in [0.3, 0.4) is 0 Å². The SMILES string of the molecule is Cc1sc(-c2cccnc2)nc1-c1ccc(NC(=O)c2c(F)cccc2F)cc1. The number of halogens is 2. The van der Waals surface area contributed by atoms with Crippen molar-refractivity contribution < 1.29 is 13.6 Å². The Balaban J connectivity index is 1.56. The van der Waals surface area contributed by atoms with Crippen LogP contribution < -0.4 is 5.32 Å². The van der Waals surface area contributed by atoms with Gasteiger partial charge in [-0.2, -0.15) is 0 Å². The van der Waals surface area contributed by atoms with Gasteiger partial charge in [0, 0.05) is 34.1 Å². The lowest BCUT2D eigenvalue weighted by atomic mass is 10.1. The van der Waals surface area contributed by atoms with Gasteiger partial charge in [-0.05, 0) is 43.3 Å². The van der Waals surface area contributed by atoms with Crippen molar-refractivity contribution in [1.82, 2.24) is 9.97 Å². The van der Waals surface area contributed by atoms with Crippen LogP contribution in [0.4, 0.5) is 14.5 Å². The van der Waals surface area contributed by atoms with E-state index in [4.69, 9.17) is 4.98 Å². The molecule has 0 spiro atoms. The molecule has 2 aromatic heterocycles. The number of aryl methyl sites for hydroxylation is 1. The molecule has 0 aliphatic heterocycles. The zero-order valence-electron chi connectivity index (χ0n) is 15.3. The van der Waals surface area contributed by atoms with E-state index in [1.54, 1.807) is 35.9 Å². The Morgan fingerprint density at radius 1 is 0.966 bits per heavy atom. The van der Waals surface area contributed by atoms with Gasteiger partial charge in [0.25, 0.3) is 5.91 Å². The third kappa shape index (κ3) is 3.90. The number of pyridine rings is 1. The van der Waals surface area contributed by atoms with Gasteiger partial charge in [0.2, 0.25) is 0 Å². The quantitative estimate of drug-likeness (QED) is 0.471. The highest BCUT2D eigenvalue weighted by Crippen LogP contribution is 2.33. The molecule has 0 fully saturated rings. The number of nitrogens with zero attached hydrogens (tertiary/aromatic N) is 2. The number of hydrogen-bond acceptors (Lipinski definition) is 4. The summed E-state index contributed by atoms with van der Waals surface area (Å²) in [5.41, 5.74) is 2.49. The normalized spacial score (nSPS) is 10.7. The van der Waals surface area contributed by atoms with Crippen molar-refractivity contribution in [2.45, 2.75) is 6.92 Å². The Morgan fingerprint density at radius 2 is 1.69 bits per heavy atom. The molecule has 0 radical (unpaired) electrons. The van der Waals surface area contributed by atoms with Gasteiger partial charge in [-0.15, -0.1) is 11.3 Å². The largest absolute Gasteiger partial charge is 0.322 e. The summed E-state index contributed by atoms with van der Waals surface area (Å²) in [6.45, 7) is 1.99. The molecular weight excluding hydrogens is 392 g/mol. The number of benzene rings is 2. The number of carbonyl (C=O) groups is 1. The molecule has 1 N–H and O–H groups in total. The van der Waals surface area contributed by atoms with Crippen molar-refractivity contribution in [2.75, 3.05) is 5.32 Å². The molecule has 4 rings (SSSR count). The van der Waals surface area contributed by atoms with Crippen LogP contribution in [0.5, 0.6) is 0 Å². The molecule has 1 amide bonds. The van der Waals surface area contributed by atoms with Crippen LogP contribution in [0, 0.1) is 18.6 Å². The number of aromatic nitrogens is 2. The first-order valence-electron chi connectivity index (χ1n) is 8.76. The fraction of sp³-hybridized carbons (Fsp3) is 0.0455. The van der Waals surface area contributed by atoms with Crippen molar-refractivity contribution in [3.8, 4) is 21.8 Å². The number of nitrogens with one attached hydrogen (secondary N) is 1. The maximum atomic E-state index is 13.8. The average Bonchev–Trinajstić information content (AvgIpc) is 3.11.